The van der Waals surface area contributed by atoms with Gasteiger partial charge in [-0.2, -0.15) is 0 Å². The van der Waals surface area contributed by atoms with Crippen LogP contribution in [0.1, 0.15) is 12.5 Å². The van der Waals surface area contributed by atoms with E-state index < -0.39 is 0 Å². The summed E-state index contributed by atoms with van der Waals surface area (Å²) in [5.41, 5.74) is 0.542. The number of methoxy groups -OCH3 is 2. The first-order chi connectivity index (χ1) is 7.10. The fourth-order valence-corrected chi connectivity index (χ4v) is 1.36. The van der Waals surface area contributed by atoms with Crippen LogP contribution < -0.4 is 9.47 Å². The van der Waals surface area contributed by atoms with Crippen molar-refractivity contribution in [2.75, 3.05) is 14.2 Å². The molecule has 0 atom stereocenters. The molecule has 0 radical (unpaired) electrons. The number of ketones is 1. The molecule has 0 aromatic heterocycles. The van der Waals surface area contributed by atoms with Crippen LogP contribution in [0.2, 0.25) is 0 Å². The van der Waals surface area contributed by atoms with Crippen molar-refractivity contribution in [1.82, 2.24) is 0 Å². The molecule has 82 valence electrons. The van der Waals surface area contributed by atoms with E-state index >= 15 is 0 Å². The molecule has 0 unspecified atom stereocenters. The first-order valence-electron chi connectivity index (χ1n) is 4.52. The van der Waals surface area contributed by atoms with Crippen LogP contribution in [0.4, 0.5) is 0 Å². The van der Waals surface area contributed by atoms with Gasteiger partial charge in [-0.05, 0) is 13.0 Å². The van der Waals surface area contributed by atoms with Gasteiger partial charge in [0.15, 0.2) is 11.5 Å². The summed E-state index contributed by atoms with van der Waals surface area (Å²) in [6, 6.07) is 3.31. The van der Waals surface area contributed by atoms with Gasteiger partial charge in [0.2, 0.25) is 5.75 Å². The van der Waals surface area contributed by atoms with E-state index in [1.54, 1.807) is 12.1 Å². The lowest BCUT2D eigenvalue weighted by Crippen LogP contribution is -1.99. The maximum atomic E-state index is 10.9. The molecule has 1 aromatic rings. The van der Waals surface area contributed by atoms with E-state index in [-0.39, 0.29) is 23.7 Å². The van der Waals surface area contributed by atoms with E-state index in [2.05, 4.69) is 0 Å². The van der Waals surface area contributed by atoms with Gasteiger partial charge in [-0.15, -0.1) is 0 Å². The standard InChI is InChI=1S/C11H14O4/c1-7(12)6-8-4-5-9(14-2)11(15-3)10(8)13/h4-5,13H,6H2,1-3H3. The summed E-state index contributed by atoms with van der Waals surface area (Å²) in [5.74, 6) is 0.656. The Balaban J connectivity index is 3.16. The summed E-state index contributed by atoms with van der Waals surface area (Å²) in [7, 11) is 2.93. The van der Waals surface area contributed by atoms with E-state index in [1.807, 2.05) is 0 Å². The van der Waals surface area contributed by atoms with Crippen molar-refractivity contribution in [3.8, 4) is 17.2 Å². The molecular weight excluding hydrogens is 196 g/mol. The van der Waals surface area contributed by atoms with E-state index in [0.29, 0.717) is 11.3 Å². The average Bonchev–Trinajstić information content (AvgIpc) is 2.20. The van der Waals surface area contributed by atoms with E-state index in [9.17, 15) is 9.90 Å². The first kappa shape index (κ1) is 11.4. The number of phenols is 1. The van der Waals surface area contributed by atoms with Crippen LogP contribution in [0, 0.1) is 0 Å². The van der Waals surface area contributed by atoms with Crippen molar-refractivity contribution in [3.63, 3.8) is 0 Å². The highest BCUT2D eigenvalue weighted by Crippen LogP contribution is 2.38. The summed E-state index contributed by atoms with van der Waals surface area (Å²) in [5, 5.41) is 9.79. The molecule has 0 aliphatic carbocycles. The van der Waals surface area contributed by atoms with Gasteiger partial charge in [-0.1, -0.05) is 6.07 Å². The van der Waals surface area contributed by atoms with Crippen molar-refractivity contribution >= 4 is 5.78 Å². The zero-order valence-corrected chi connectivity index (χ0v) is 9.03. The summed E-state index contributed by atoms with van der Waals surface area (Å²) >= 11 is 0. The molecule has 0 saturated heterocycles. The molecule has 0 fully saturated rings. The number of hydrogen-bond donors (Lipinski definition) is 1. The number of carbonyl (C=O) groups excluding carboxylic acids is 1. The Labute approximate surface area is 88.4 Å². The Bertz CT molecular complexity index is 371. The van der Waals surface area contributed by atoms with Crippen LogP contribution in [0.15, 0.2) is 12.1 Å². The van der Waals surface area contributed by atoms with Gasteiger partial charge < -0.3 is 14.6 Å². The lowest BCUT2D eigenvalue weighted by molar-refractivity contribution is -0.116. The minimum atomic E-state index is -0.0351. The number of carbonyl (C=O) groups is 1. The number of rotatable bonds is 4. The fourth-order valence-electron chi connectivity index (χ4n) is 1.36. The largest absolute Gasteiger partial charge is 0.504 e. The van der Waals surface area contributed by atoms with Crippen LogP contribution in [0.3, 0.4) is 0 Å². The van der Waals surface area contributed by atoms with Gasteiger partial charge >= 0.3 is 0 Å². The second-order valence-electron chi connectivity index (χ2n) is 3.19. The van der Waals surface area contributed by atoms with E-state index in [1.165, 1.54) is 21.1 Å². The molecule has 1 rings (SSSR count). The highest BCUT2D eigenvalue weighted by Gasteiger charge is 2.14. The summed E-state index contributed by atoms with van der Waals surface area (Å²) in [6.45, 7) is 1.47. The molecule has 4 heteroatoms. The second kappa shape index (κ2) is 4.68. The third-order valence-electron chi connectivity index (χ3n) is 2.04. The van der Waals surface area contributed by atoms with Crippen molar-refractivity contribution in [2.24, 2.45) is 0 Å². The molecule has 1 N–H and O–H groups in total. The number of Topliss-reactive ketones (excluding diaryl/α,β-unsaturated/α-hetero) is 1. The SMILES string of the molecule is COc1ccc(CC(C)=O)c(O)c1OC. The quantitative estimate of drug-likeness (QED) is 0.819. The molecule has 0 amide bonds. The van der Waals surface area contributed by atoms with Gasteiger partial charge in [0.1, 0.15) is 5.78 Å². The number of ether oxygens (including phenoxy) is 2. The van der Waals surface area contributed by atoms with Crippen LogP contribution in [0.25, 0.3) is 0 Å². The molecule has 0 spiro atoms. The Morgan fingerprint density at radius 1 is 1.33 bits per heavy atom. The maximum Gasteiger partial charge on any atom is 0.203 e. The molecule has 15 heavy (non-hydrogen) atoms. The van der Waals surface area contributed by atoms with Crippen LogP contribution in [-0.4, -0.2) is 25.1 Å². The predicted octanol–water partition coefficient (Wildman–Crippen LogP) is 1.54. The van der Waals surface area contributed by atoms with Gasteiger partial charge in [0.05, 0.1) is 14.2 Å². The lowest BCUT2D eigenvalue weighted by atomic mass is 10.1. The van der Waals surface area contributed by atoms with Crippen molar-refractivity contribution in [1.29, 1.82) is 0 Å². The topological polar surface area (TPSA) is 55.8 Å². The zero-order valence-electron chi connectivity index (χ0n) is 9.03. The lowest BCUT2D eigenvalue weighted by Gasteiger charge is -2.11. The normalized spacial score (nSPS) is 9.80. The van der Waals surface area contributed by atoms with Gasteiger partial charge in [0, 0.05) is 12.0 Å². The molecule has 4 nitrogen and oxygen atoms in total. The molecule has 1 aromatic carbocycles. The monoisotopic (exact) mass is 210 g/mol. The second-order valence-corrected chi connectivity index (χ2v) is 3.19. The molecule has 0 saturated carbocycles. The Morgan fingerprint density at radius 3 is 2.47 bits per heavy atom. The third kappa shape index (κ3) is 2.40. The number of phenolic OH excluding ortho intramolecular Hbond substituents is 1. The van der Waals surface area contributed by atoms with Crippen molar-refractivity contribution < 1.29 is 19.4 Å². The predicted molar refractivity (Wildman–Crippen MR) is 55.6 cm³/mol. The molecule has 0 aliphatic heterocycles. The third-order valence-corrected chi connectivity index (χ3v) is 2.04. The molecule has 0 aliphatic rings. The van der Waals surface area contributed by atoms with E-state index in [4.69, 9.17) is 9.47 Å². The van der Waals surface area contributed by atoms with Gasteiger partial charge in [-0.25, -0.2) is 0 Å². The highest BCUT2D eigenvalue weighted by molar-refractivity contribution is 5.79. The van der Waals surface area contributed by atoms with Crippen molar-refractivity contribution in [3.05, 3.63) is 17.7 Å². The Hall–Kier alpha value is -1.71. The maximum absolute atomic E-state index is 10.9. The zero-order chi connectivity index (χ0) is 11.4. The summed E-state index contributed by atoms with van der Waals surface area (Å²) in [6.07, 6.45) is 0.187. The Morgan fingerprint density at radius 2 is 2.00 bits per heavy atom. The fraction of sp³-hybridized carbons (Fsp3) is 0.364. The Kier molecular flexibility index (Phi) is 3.55. The van der Waals surface area contributed by atoms with Crippen LogP contribution in [0.5, 0.6) is 17.2 Å². The minimum Gasteiger partial charge on any atom is -0.504 e. The highest BCUT2D eigenvalue weighted by atomic mass is 16.5. The molecule has 0 heterocycles. The van der Waals surface area contributed by atoms with Crippen LogP contribution in [-0.2, 0) is 11.2 Å². The minimum absolute atomic E-state index is 0.0162. The van der Waals surface area contributed by atoms with E-state index in [0.717, 1.165) is 0 Å². The van der Waals surface area contributed by atoms with Crippen molar-refractivity contribution in [2.45, 2.75) is 13.3 Å². The smallest absolute Gasteiger partial charge is 0.203 e. The summed E-state index contributed by atoms with van der Waals surface area (Å²) in [4.78, 5) is 10.9. The van der Waals surface area contributed by atoms with Crippen LogP contribution >= 0.6 is 0 Å². The number of hydrogen-bond acceptors (Lipinski definition) is 4. The number of benzene rings is 1. The molecule has 0 bridgehead atoms. The average molecular weight is 210 g/mol. The van der Waals surface area contributed by atoms with Gasteiger partial charge in [0.25, 0.3) is 0 Å². The first-order valence-corrected chi connectivity index (χ1v) is 4.52. The van der Waals surface area contributed by atoms with Gasteiger partial charge in [-0.3, -0.25) is 4.79 Å². The molecular formula is C11H14O4. The number of aromatic hydroxyl groups is 1. The summed E-state index contributed by atoms with van der Waals surface area (Å²) < 4.78 is 10.0.